The van der Waals surface area contributed by atoms with Gasteiger partial charge in [0.2, 0.25) is 5.82 Å². The van der Waals surface area contributed by atoms with Gasteiger partial charge in [0.1, 0.15) is 0 Å². The van der Waals surface area contributed by atoms with Crippen LogP contribution in [0.2, 0.25) is 0 Å². The number of benzene rings is 2. The third-order valence-corrected chi connectivity index (χ3v) is 6.57. The molecule has 5 rings (SSSR count). The number of aromatic amines is 1. The van der Waals surface area contributed by atoms with E-state index in [1.54, 1.807) is 12.4 Å². The molecule has 36 heavy (non-hydrogen) atoms. The maximum absolute atomic E-state index is 13.5. The smallest absolute Gasteiger partial charge is 0.292 e. The van der Waals surface area contributed by atoms with E-state index in [0.717, 1.165) is 58.5 Å². The van der Waals surface area contributed by atoms with Crippen molar-refractivity contribution in [2.75, 3.05) is 0 Å². The lowest BCUT2D eigenvalue weighted by Crippen LogP contribution is -2.26. The number of tetrazole rings is 1. The zero-order valence-corrected chi connectivity index (χ0v) is 20.6. The van der Waals surface area contributed by atoms with E-state index in [1.165, 1.54) is 0 Å². The van der Waals surface area contributed by atoms with Crippen molar-refractivity contribution in [3.63, 3.8) is 0 Å². The molecular formula is C28H29N7O. The molecule has 0 aliphatic carbocycles. The molecule has 0 atom stereocenters. The Morgan fingerprint density at radius 3 is 2.36 bits per heavy atom. The number of pyridine rings is 1. The number of aromatic nitrogens is 7. The van der Waals surface area contributed by atoms with Crippen molar-refractivity contribution >= 4 is 0 Å². The van der Waals surface area contributed by atoms with Gasteiger partial charge in [-0.15, -0.1) is 10.2 Å². The van der Waals surface area contributed by atoms with E-state index in [4.69, 9.17) is 0 Å². The van der Waals surface area contributed by atoms with Gasteiger partial charge in [0.25, 0.3) is 0 Å². The third kappa shape index (κ3) is 4.75. The van der Waals surface area contributed by atoms with Crippen molar-refractivity contribution in [1.29, 1.82) is 0 Å². The summed E-state index contributed by atoms with van der Waals surface area (Å²) in [7, 11) is 0. The second kappa shape index (κ2) is 10.5. The fourth-order valence-electron chi connectivity index (χ4n) is 4.60. The van der Waals surface area contributed by atoms with Crippen molar-refractivity contribution in [1.82, 2.24) is 34.7 Å². The zero-order chi connectivity index (χ0) is 24.9. The number of imidazole rings is 1. The summed E-state index contributed by atoms with van der Waals surface area (Å²) in [6.07, 6.45) is 6.52. The highest BCUT2D eigenvalue weighted by molar-refractivity contribution is 5.79. The van der Waals surface area contributed by atoms with Crippen molar-refractivity contribution in [3.8, 4) is 22.5 Å². The van der Waals surface area contributed by atoms with Crippen LogP contribution in [-0.2, 0) is 19.5 Å². The topological polar surface area (TPSA) is 94.3 Å². The van der Waals surface area contributed by atoms with Gasteiger partial charge >= 0.3 is 5.69 Å². The first-order valence-corrected chi connectivity index (χ1v) is 12.3. The minimum Gasteiger partial charge on any atom is -0.292 e. The third-order valence-electron chi connectivity index (χ3n) is 6.57. The van der Waals surface area contributed by atoms with Gasteiger partial charge in [-0.1, -0.05) is 67.9 Å². The summed E-state index contributed by atoms with van der Waals surface area (Å²) in [4.78, 5) is 17.8. The second-order valence-corrected chi connectivity index (χ2v) is 8.93. The minimum atomic E-state index is 0.0417. The Kier molecular flexibility index (Phi) is 6.84. The average molecular weight is 480 g/mol. The van der Waals surface area contributed by atoms with E-state index in [2.05, 4.69) is 75.9 Å². The summed E-state index contributed by atoms with van der Waals surface area (Å²) >= 11 is 0. The van der Waals surface area contributed by atoms with E-state index in [1.807, 2.05) is 33.4 Å². The predicted octanol–water partition coefficient (Wildman–Crippen LogP) is 4.64. The Balaban J connectivity index is 1.45. The molecule has 3 aromatic heterocycles. The molecule has 2 aromatic carbocycles. The monoisotopic (exact) mass is 479 g/mol. The number of nitrogens with zero attached hydrogens (tertiary/aromatic N) is 6. The van der Waals surface area contributed by atoms with Gasteiger partial charge in [-0.3, -0.25) is 14.1 Å². The highest BCUT2D eigenvalue weighted by Gasteiger charge is 2.17. The fourth-order valence-corrected chi connectivity index (χ4v) is 4.60. The number of rotatable bonds is 9. The molecule has 0 radical (unpaired) electrons. The Hall–Kier alpha value is -4.33. The van der Waals surface area contributed by atoms with Gasteiger partial charge in [0, 0.05) is 29.3 Å². The maximum atomic E-state index is 13.5. The van der Waals surface area contributed by atoms with Crippen LogP contribution in [0.1, 0.15) is 42.3 Å². The molecule has 0 saturated carbocycles. The molecule has 0 saturated heterocycles. The van der Waals surface area contributed by atoms with Crippen LogP contribution in [0.15, 0.2) is 77.9 Å². The summed E-state index contributed by atoms with van der Waals surface area (Å²) in [5.41, 5.74) is 7.23. The van der Waals surface area contributed by atoms with Crippen LogP contribution in [0.5, 0.6) is 0 Å². The van der Waals surface area contributed by atoms with Crippen LogP contribution < -0.4 is 5.69 Å². The highest BCUT2D eigenvalue weighted by atomic mass is 16.1. The van der Waals surface area contributed by atoms with E-state index in [0.29, 0.717) is 18.9 Å². The summed E-state index contributed by atoms with van der Waals surface area (Å²) in [5, 5.41) is 14.4. The van der Waals surface area contributed by atoms with Crippen molar-refractivity contribution in [3.05, 3.63) is 106 Å². The Bertz CT molecular complexity index is 1480. The molecule has 0 aliphatic heterocycles. The fraction of sp³-hybridized carbons (Fsp3) is 0.250. The predicted molar refractivity (Wildman–Crippen MR) is 140 cm³/mol. The number of hydrogen-bond donors (Lipinski definition) is 1. The molecule has 0 spiro atoms. The van der Waals surface area contributed by atoms with E-state index >= 15 is 0 Å². The molecule has 0 aliphatic rings. The lowest BCUT2D eigenvalue weighted by Gasteiger charge is -2.10. The minimum absolute atomic E-state index is 0.0417. The van der Waals surface area contributed by atoms with Crippen LogP contribution in [0.25, 0.3) is 22.5 Å². The first kappa shape index (κ1) is 23.4. The Labute approximate surface area is 209 Å². The Morgan fingerprint density at radius 1 is 0.889 bits per heavy atom. The maximum Gasteiger partial charge on any atom is 0.329 e. The summed E-state index contributed by atoms with van der Waals surface area (Å²) in [5.74, 6) is 0.504. The van der Waals surface area contributed by atoms with Gasteiger partial charge < -0.3 is 0 Å². The van der Waals surface area contributed by atoms with Crippen molar-refractivity contribution in [2.24, 2.45) is 0 Å². The lowest BCUT2D eigenvalue weighted by molar-refractivity contribution is 0.654. The number of unbranched alkanes of at least 4 members (excludes halogenated alkanes) is 1. The van der Waals surface area contributed by atoms with E-state index < -0.39 is 0 Å². The van der Waals surface area contributed by atoms with Crippen molar-refractivity contribution in [2.45, 2.75) is 46.2 Å². The molecule has 0 bridgehead atoms. The number of hydrogen-bond acceptors (Lipinski definition) is 5. The van der Waals surface area contributed by atoms with Crippen LogP contribution in [0, 0.1) is 6.92 Å². The largest absolute Gasteiger partial charge is 0.329 e. The number of nitrogens with one attached hydrogen (secondary N) is 1. The van der Waals surface area contributed by atoms with Crippen LogP contribution in [-0.4, -0.2) is 34.7 Å². The molecule has 8 nitrogen and oxygen atoms in total. The van der Waals surface area contributed by atoms with Crippen molar-refractivity contribution < 1.29 is 0 Å². The first-order valence-electron chi connectivity index (χ1n) is 12.3. The van der Waals surface area contributed by atoms with E-state index in [9.17, 15) is 4.79 Å². The van der Waals surface area contributed by atoms with Crippen LogP contribution in [0.4, 0.5) is 0 Å². The normalized spacial score (nSPS) is 11.2. The highest BCUT2D eigenvalue weighted by Crippen LogP contribution is 2.29. The average Bonchev–Trinajstić information content (AvgIpc) is 3.53. The molecule has 8 heteroatoms. The standard InChI is InChI=1S/C28H29N7O/c1-3-4-10-26-20(2)34(18-21-8-6-5-7-9-21)28(36)35(26)19-22-11-13-23(14-12-22)24-15-16-29-17-25(24)27-30-32-33-31-27/h5-9,11-17H,3-4,10,18-19H2,1-2H3,(H,30,31,32,33). The van der Waals surface area contributed by atoms with Gasteiger partial charge in [0.15, 0.2) is 0 Å². The SMILES string of the molecule is CCCCc1c(C)n(Cc2ccccc2)c(=O)n1Cc1ccc(-c2ccncc2-c2nn[nH]n2)cc1. The summed E-state index contributed by atoms with van der Waals surface area (Å²) < 4.78 is 3.85. The number of H-pyrrole nitrogens is 1. The van der Waals surface area contributed by atoms with Gasteiger partial charge in [-0.05, 0) is 53.3 Å². The summed E-state index contributed by atoms with van der Waals surface area (Å²) in [6, 6.07) is 20.4. The Morgan fingerprint density at radius 2 is 1.64 bits per heavy atom. The molecule has 0 amide bonds. The molecule has 0 fully saturated rings. The lowest BCUT2D eigenvalue weighted by atomic mass is 10.00. The quantitative estimate of drug-likeness (QED) is 0.332. The molecule has 5 aromatic rings. The van der Waals surface area contributed by atoms with E-state index in [-0.39, 0.29) is 5.69 Å². The van der Waals surface area contributed by atoms with Crippen LogP contribution in [0.3, 0.4) is 0 Å². The summed E-state index contributed by atoms with van der Waals surface area (Å²) in [6.45, 7) is 5.36. The van der Waals surface area contributed by atoms with Gasteiger partial charge in [-0.2, -0.15) is 5.21 Å². The molecular weight excluding hydrogens is 450 g/mol. The second-order valence-electron chi connectivity index (χ2n) is 8.93. The zero-order valence-electron chi connectivity index (χ0n) is 20.6. The van der Waals surface area contributed by atoms with Crippen LogP contribution >= 0.6 is 0 Å². The first-order chi connectivity index (χ1) is 17.7. The van der Waals surface area contributed by atoms with Gasteiger partial charge in [0.05, 0.1) is 13.1 Å². The molecule has 3 heterocycles. The van der Waals surface area contributed by atoms with Gasteiger partial charge in [-0.25, -0.2) is 4.79 Å². The molecule has 0 unspecified atom stereocenters. The molecule has 182 valence electrons. The molecule has 1 N–H and O–H groups in total.